The first-order valence-corrected chi connectivity index (χ1v) is 5.91. The van der Waals surface area contributed by atoms with E-state index in [0.29, 0.717) is 11.6 Å². The number of benzene rings is 1. The van der Waals surface area contributed by atoms with Crippen LogP contribution in [-0.2, 0) is 6.42 Å². The number of hydrogen-bond acceptors (Lipinski definition) is 2. The van der Waals surface area contributed by atoms with Crippen molar-refractivity contribution in [1.29, 1.82) is 0 Å². The Labute approximate surface area is 91.1 Å². The SMILES string of the molecule is c1ccc(CC23CCNC2CCN3)cc1. The van der Waals surface area contributed by atoms with Gasteiger partial charge in [-0.15, -0.1) is 0 Å². The monoisotopic (exact) mass is 202 g/mol. The molecule has 2 heteroatoms. The summed E-state index contributed by atoms with van der Waals surface area (Å²) in [5, 5.41) is 7.34. The molecule has 2 saturated heterocycles. The number of rotatable bonds is 2. The van der Waals surface area contributed by atoms with Gasteiger partial charge in [-0.3, -0.25) is 0 Å². The summed E-state index contributed by atoms with van der Waals surface area (Å²) in [5.74, 6) is 0. The Balaban J connectivity index is 1.82. The normalized spacial score (nSPS) is 34.3. The van der Waals surface area contributed by atoms with E-state index in [1.807, 2.05) is 0 Å². The van der Waals surface area contributed by atoms with Crippen LogP contribution < -0.4 is 10.6 Å². The number of hydrogen-bond donors (Lipinski definition) is 2. The fourth-order valence-electron chi connectivity index (χ4n) is 3.13. The van der Waals surface area contributed by atoms with Crippen LogP contribution in [0.4, 0.5) is 0 Å². The Hall–Kier alpha value is -0.860. The molecule has 0 aromatic heterocycles. The Kier molecular flexibility index (Phi) is 2.26. The number of nitrogens with one attached hydrogen (secondary N) is 2. The van der Waals surface area contributed by atoms with E-state index in [2.05, 4.69) is 41.0 Å². The second kappa shape index (κ2) is 3.62. The Morgan fingerprint density at radius 1 is 1.20 bits per heavy atom. The summed E-state index contributed by atoms with van der Waals surface area (Å²) < 4.78 is 0. The molecule has 1 aromatic carbocycles. The summed E-state index contributed by atoms with van der Waals surface area (Å²) in [6, 6.07) is 11.5. The quantitative estimate of drug-likeness (QED) is 0.756. The zero-order valence-electron chi connectivity index (χ0n) is 9.00. The molecule has 0 saturated carbocycles. The van der Waals surface area contributed by atoms with Crippen LogP contribution in [0.15, 0.2) is 30.3 Å². The van der Waals surface area contributed by atoms with Crippen molar-refractivity contribution >= 4 is 0 Å². The lowest BCUT2D eigenvalue weighted by molar-refractivity contribution is 0.361. The van der Waals surface area contributed by atoms with Crippen molar-refractivity contribution in [1.82, 2.24) is 10.6 Å². The number of fused-ring (bicyclic) bond motifs is 1. The van der Waals surface area contributed by atoms with E-state index in [9.17, 15) is 0 Å². The molecular weight excluding hydrogens is 184 g/mol. The van der Waals surface area contributed by atoms with Crippen LogP contribution in [-0.4, -0.2) is 24.7 Å². The predicted octanol–water partition coefficient (Wildman–Crippen LogP) is 1.32. The fraction of sp³-hybridized carbons (Fsp3) is 0.538. The van der Waals surface area contributed by atoms with E-state index < -0.39 is 0 Å². The van der Waals surface area contributed by atoms with Crippen molar-refractivity contribution in [3.8, 4) is 0 Å². The van der Waals surface area contributed by atoms with Crippen molar-refractivity contribution in [3.05, 3.63) is 35.9 Å². The lowest BCUT2D eigenvalue weighted by Gasteiger charge is -2.29. The molecule has 1 aromatic rings. The third kappa shape index (κ3) is 1.58. The van der Waals surface area contributed by atoms with Gasteiger partial charge >= 0.3 is 0 Å². The predicted molar refractivity (Wildman–Crippen MR) is 61.9 cm³/mol. The highest BCUT2D eigenvalue weighted by atomic mass is 15.1. The zero-order chi connectivity index (χ0) is 10.1. The molecule has 80 valence electrons. The summed E-state index contributed by atoms with van der Waals surface area (Å²) in [4.78, 5) is 0. The molecular formula is C13H18N2. The minimum atomic E-state index is 0.349. The maximum absolute atomic E-state index is 3.72. The van der Waals surface area contributed by atoms with E-state index in [1.54, 1.807) is 0 Å². The van der Waals surface area contributed by atoms with Gasteiger partial charge in [0, 0.05) is 11.6 Å². The van der Waals surface area contributed by atoms with Gasteiger partial charge in [0.1, 0.15) is 0 Å². The summed E-state index contributed by atoms with van der Waals surface area (Å²) >= 11 is 0. The van der Waals surface area contributed by atoms with E-state index in [0.717, 1.165) is 0 Å². The zero-order valence-corrected chi connectivity index (χ0v) is 9.00. The minimum absolute atomic E-state index is 0.349. The standard InChI is InChI=1S/C13H18N2/c1-2-4-11(5-3-1)10-13-7-9-14-12(13)6-8-15-13/h1-5,12,14-15H,6-10H2. The van der Waals surface area contributed by atoms with Crippen LogP contribution in [0.3, 0.4) is 0 Å². The maximum atomic E-state index is 3.72. The second-order valence-electron chi connectivity index (χ2n) is 4.79. The molecule has 0 amide bonds. The van der Waals surface area contributed by atoms with Gasteiger partial charge in [-0.05, 0) is 37.9 Å². The Morgan fingerprint density at radius 2 is 2.07 bits per heavy atom. The van der Waals surface area contributed by atoms with Crippen molar-refractivity contribution < 1.29 is 0 Å². The third-order valence-electron chi connectivity index (χ3n) is 3.90. The molecule has 0 bridgehead atoms. The fourth-order valence-corrected chi connectivity index (χ4v) is 3.13. The molecule has 0 radical (unpaired) electrons. The summed E-state index contributed by atoms with van der Waals surface area (Å²) in [6.45, 7) is 2.34. The van der Waals surface area contributed by atoms with Gasteiger partial charge in [-0.25, -0.2) is 0 Å². The highest BCUT2D eigenvalue weighted by Gasteiger charge is 2.45. The van der Waals surface area contributed by atoms with Gasteiger partial charge in [0.25, 0.3) is 0 Å². The minimum Gasteiger partial charge on any atom is -0.312 e. The smallest absolute Gasteiger partial charge is 0.0388 e. The van der Waals surface area contributed by atoms with Crippen LogP contribution >= 0.6 is 0 Å². The van der Waals surface area contributed by atoms with Crippen molar-refractivity contribution in [2.75, 3.05) is 13.1 Å². The second-order valence-corrected chi connectivity index (χ2v) is 4.79. The molecule has 0 spiro atoms. The van der Waals surface area contributed by atoms with E-state index in [1.165, 1.54) is 37.9 Å². The van der Waals surface area contributed by atoms with E-state index >= 15 is 0 Å². The van der Waals surface area contributed by atoms with Gasteiger partial charge in [-0.2, -0.15) is 0 Å². The molecule has 0 aliphatic carbocycles. The molecule has 15 heavy (non-hydrogen) atoms. The molecule has 2 N–H and O–H groups in total. The van der Waals surface area contributed by atoms with Crippen LogP contribution in [0, 0.1) is 0 Å². The van der Waals surface area contributed by atoms with Crippen molar-refractivity contribution in [2.24, 2.45) is 0 Å². The van der Waals surface area contributed by atoms with E-state index in [-0.39, 0.29) is 0 Å². The van der Waals surface area contributed by atoms with E-state index in [4.69, 9.17) is 0 Å². The average Bonchev–Trinajstić information content (AvgIpc) is 2.78. The molecule has 2 fully saturated rings. The molecule has 2 atom stereocenters. The van der Waals surface area contributed by atoms with Crippen molar-refractivity contribution in [3.63, 3.8) is 0 Å². The highest BCUT2D eigenvalue weighted by Crippen LogP contribution is 2.31. The van der Waals surface area contributed by atoms with Crippen LogP contribution in [0.5, 0.6) is 0 Å². The first-order chi connectivity index (χ1) is 7.39. The lowest BCUT2D eigenvalue weighted by Crippen LogP contribution is -2.48. The summed E-state index contributed by atoms with van der Waals surface area (Å²) in [5.41, 5.74) is 1.81. The van der Waals surface area contributed by atoms with Gasteiger partial charge in [-0.1, -0.05) is 30.3 Å². The third-order valence-corrected chi connectivity index (χ3v) is 3.90. The average molecular weight is 202 g/mol. The Bertz CT molecular complexity index is 324. The first-order valence-electron chi connectivity index (χ1n) is 5.91. The topological polar surface area (TPSA) is 24.1 Å². The van der Waals surface area contributed by atoms with Gasteiger partial charge in [0.05, 0.1) is 0 Å². The summed E-state index contributed by atoms with van der Waals surface area (Å²) in [7, 11) is 0. The molecule has 3 rings (SSSR count). The Morgan fingerprint density at radius 3 is 2.93 bits per heavy atom. The van der Waals surface area contributed by atoms with Crippen LogP contribution in [0.2, 0.25) is 0 Å². The largest absolute Gasteiger partial charge is 0.312 e. The summed E-state index contributed by atoms with van der Waals surface area (Å²) in [6.07, 6.45) is 3.73. The van der Waals surface area contributed by atoms with Gasteiger partial charge in [0.15, 0.2) is 0 Å². The van der Waals surface area contributed by atoms with Crippen molar-refractivity contribution in [2.45, 2.75) is 30.8 Å². The van der Waals surface area contributed by atoms with Gasteiger partial charge in [0.2, 0.25) is 0 Å². The maximum Gasteiger partial charge on any atom is 0.0388 e. The molecule has 2 unspecified atom stereocenters. The molecule has 2 heterocycles. The highest BCUT2D eigenvalue weighted by molar-refractivity contribution is 5.22. The molecule has 2 aliphatic rings. The lowest BCUT2D eigenvalue weighted by atomic mass is 9.86. The van der Waals surface area contributed by atoms with Gasteiger partial charge < -0.3 is 10.6 Å². The van der Waals surface area contributed by atoms with Crippen LogP contribution in [0.1, 0.15) is 18.4 Å². The molecule has 2 nitrogen and oxygen atoms in total. The molecule has 2 aliphatic heterocycles. The van der Waals surface area contributed by atoms with Crippen LogP contribution in [0.25, 0.3) is 0 Å². The first kappa shape index (κ1) is 9.37.